The fourth-order valence-electron chi connectivity index (χ4n) is 4.24. The summed E-state index contributed by atoms with van der Waals surface area (Å²) in [6.07, 6.45) is 5.48. The lowest BCUT2D eigenvalue weighted by molar-refractivity contribution is -0.120. The lowest BCUT2D eigenvalue weighted by Crippen LogP contribution is -2.28. The van der Waals surface area contributed by atoms with Crippen molar-refractivity contribution < 1.29 is 9.59 Å². The highest BCUT2D eigenvalue weighted by molar-refractivity contribution is 8.00. The molecular formula is C24H29N3O2S. The van der Waals surface area contributed by atoms with Crippen molar-refractivity contribution in [2.24, 2.45) is 5.92 Å². The van der Waals surface area contributed by atoms with Gasteiger partial charge in [-0.05, 0) is 54.8 Å². The Morgan fingerprint density at radius 1 is 1.07 bits per heavy atom. The summed E-state index contributed by atoms with van der Waals surface area (Å²) in [4.78, 5) is 29.2. The molecule has 5 nitrogen and oxygen atoms in total. The standard InChI is InChI=1S/C24H29N3O2S/c1-26(2)20-11-13-21(14-12-20)27-22(28)16-30-24(27)18-9-6-10-19(15-18)25-23(29)17-7-4-3-5-8-17/h6,9-15,17,24H,3-5,7-8,16H2,1-2H3,(H,25,29). The molecule has 1 unspecified atom stereocenters. The van der Waals surface area contributed by atoms with E-state index in [-0.39, 0.29) is 23.1 Å². The third-order valence-corrected chi connectivity index (χ3v) is 7.14. The number of nitrogens with one attached hydrogen (secondary N) is 1. The fourth-order valence-corrected chi connectivity index (χ4v) is 5.41. The van der Waals surface area contributed by atoms with Crippen LogP contribution < -0.4 is 15.1 Å². The summed E-state index contributed by atoms with van der Waals surface area (Å²) >= 11 is 1.63. The van der Waals surface area contributed by atoms with Crippen LogP contribution in [0.4, 0.5) is 17.1 Å². The number of anilines is 3. The molecule has 1 saturated carbocycles. The number of benzene rings is 2. The molecule has 158 valence electrons. The van der Waals surface area contributed by atoms with Crippen LogP contribution in [-0.4, -0.2) is 31.7 Å². The average Bonchev–Trinajstić information content (AvgIpc) is 3.16. The Bertz CT molecular complexity index is 907. The van der Waals surface area contributed by atoms with Crippen molar-refractivity contribution in [3.05, 3.63) is 54.1 Å². The van der Waals surface area contributed by atoms with Gasteiger partial charge in [0.1, 0.15) is 5.37 Å². The van der Waals surface area contributed by atoms with Crippen molar-refractivity contribution in [3.63, 3.8) is 0 Å². The predicted octanol–water partition coefficient (Wildman–Crippen LogP) is 5.05. The molecule has 1 N–H and O–H groups in total. The highest BCUT2D eigenvalue weighted by Crippen LogP contribution is 2.42. The fraction of sp³-hybridized carbons (Fsp3) is 0.417. The summed E-state index contributed by atoms with van der Waals surface area (Å²) in [6, 6.07) is 16.0. The lowest BCUT2D eigenvalue weighted by atomic mass is 9.88. The van der Waals surface area contributed by atoms with Gasteiger partial charge < -0.3 is 10.2 Å². The number of hydrogen-bond acceptors (Lipinski definition) is 4. The second-order valence-electron chi connectivity index (χ2n) is 8.29. The summed E-state index contributed by atoms with van der Waals surface area (Å²) in [5, 5.41) is 3.02. The van der Waals surface area contributed by atoms with Crippen LogP contribution in [0.5, 0.6) is 0 Å². The van der Waals surface area contributed by atoms with Gasteiger partial charge in [0.25, 0.3) is 0 Å². The normalized spacial score (nSPS) is 19.7. The van der Waals surface area contributed by atoms with Crippen LogP contribution in [0.15, 0.2) is 48.5 Å². The van der Waals surface area contributed by atoms with Crippen molar-refractivity contribution in [1.29, 1.82) is 0 Å². The molecule has 2 aliphatic rings. The Morgan fingerprint density at radius 3 is 2.50 bits per heavy atom. The molecule has 0 spiro atoms. The minimum atomic E-state index is -0.0887. The summed E-state index contributed by atoms with van der Waals surface area (Å²) in [5.74, 6) is 0.813. The van der Waals surface area contributed by atoms with E-state index in [1.54, 1.807) is 11.8 Å². The molecule has 6 heteroatoms. The maximum Gasteiger partial charge on any atom is 0.238 e. The quantitative estimate of drug-likeness (QED) is 0.731. The first-order valence-corrected chi connectivity index (χ1v) is 11.7. The van der Waals surface area contributed by atoms with Gasteiger partial charge in [0.05, 0.1) is 5.75 Å². The molecule has 2 fully saturated rings. The van der Waals surface area contributed by atoms with E-state index in [4.69, 9.17) is 0 Å². The van der Waals surface area contributed by atoms with Crippen LogP contribution in [0.2, 0.25) is 0 Å². The molecule has 0 radical (unpaired) electrons. The average molecular weight is 424 g/mol. The zero-order valence-electron chi connectivity index (χ0n) is 17.6. The maximum atomic E-state index is 12.7. The van der Waals surface area contributed by atoms with Crippen LogP contribution in [0.3, 0.4) is 0 Å². The van der Waals surface area contributed by atoms with Gasteiger partial charge in [-0.1, -0.05) is 31.4 Å². The number of carbonyl (C=O) groups is 2. The molecule has 2 aromatic carbocycles. The van der Waals surface area contributed by atoms with Crippen molar-refractivity contribution in [2.75, 3.05) is 35.0 Å². The van der Waals surface area contributed by atoms with Crippen molar-refractivity contribution >= 4 is 40.6 Å². The molecule has 30 heavy (non-hydrogen) atoms. The Balaban J connectivity index is 1.52. The first kappa shape index (κ1) is 20.8. The molecule has 0 bridgehead atoms. The molecule has 2 amide bonds. The molecule has 2 aromatic rings. The van der Waals surface area contributed by atoms with Crippen LogP contribution in [0.25, 0.3) is 0 Å². The minimum absolute atomic E-state index is 0.0887. The van der Waals surface area contributed by atoms with Gasteiger partial charge in [0.15, 0.2) is 0 Å². The van der Waals surface area contributed by atoms with Crippen molar-refractivity contribution in [3.8, 4) is 0 Å². The summed E-state index contributed by atoms with van der Waals surface area (Å²) in [5.41, 5.74) is 3.84. The molecule has 4 rings (SSSR count). The highest BCUT2D eigenvalue weighted by atomic mass is 32.2. The van der Waals surface area contributed by atoms with Gasteiger partial charge >= 0.3 is 0 Å². The number of hydrogen-bond donors (Lipinski definition) is 1. The predicted molar refractivity (Wildman–Crippen MR) is 125 cm³/mol. The van der Waals surface area contributed by atoms with Gasteiger partial charge in [-0.3, -0.25) is 14.5 Å². The van der Waals surface area contributed by atoms with Gasteiger partial charge in [-0.15, -0.1) is 11.8 Å². The summed E-state index contributed by atoms with van der Waals surface area (Å²) < 4.78 is 0. The molecular weight excluding hydrogens is 394 g/mol. The van der Waals surface area contributed by atoms with E-state index in [2.05, 4.69) is 5.32 Å². The van der Waals surface area contributed by atoms with E-state index in [9.17, 15) is 9.59 Å². The third kappa shape index (κ3) is 4.48. The number of carbonyl (C=O) groups excluding carboxylic acids is 2. The number of nitrogens with zero attached hydrogens (tertiary/aromatic N) is 2. The van der Waals surface area contributed by atoms with E-state index in [1.165, 1.54) is 6.42 Å². The largest absolute Gasteiger partial charge is 0.378 e. The first-order valence-electron chi connectivity index (χ1n) is 10.6. The molecule has 1 aliphatic heterocycles. The molecule has 0 aromatic heterocycles. The minimum Gasteiger partial charge on any atom is -0.378 e. The van der Waals surface area contributed by atoms with Crippen LogP contribution >= 0.6 is 11.8 Å². The molecule has 1 aliphatic carbocycles. The first-order chi connectivity index (χ1) is 14.5. The number of amides is 2. The monoisotopic (exact) mass is 423 g/mol. The molecule has 1 saturated heterocycles. The topological polar surface area (TPSA) is 52.6 Å². The molecule has 1 atom stereocenters. The van der Waals surface area contributed by atoms with E-state index in [0.29, 0.717) is 5.75 Å². The van der Waals surface area contributed by atoms with Crippen LogP contribution in [0.1, 0.15) is 43.0 Å². The van der Waals surface area contributed by atoms with Crippen LogP contribution in [0, 0.1) is 5.92 Å². The zero-order chi connectivity index (χ0) is 21.1. The van der Waals surface area contributed by atoms with Crippen LogP contribution in [-0.2, 0) is 9.59 Å². The summed E-state index contributed by atoms with van der Waals surface area (Å²) in [6.45, 7) is 0. The smallest absolute Gasteiger partial charge is 0.238 e. The van der Waals surface area contributed by atoms with Gasteiger partial charge in [0.2, 0.25) is 11.8 Å². The zero-order valence-corrected chi connectivity index (χ0v) is 18.5. The third-order valence-electron chi connectivity index (χ3n) is 5.93. The Hall–Kier alpha value is -2.47. The van der Waals surface area contributed by atoms with Gasteiger partial charge in [0, 0.05) is 37.1 Å². The van der Waals surface area contributed by atoms with E-state index < -0.39 is 0 Å². The van der Waals surface area contributed by atoms with Crippen molar-refractivity contribution in [1.82, 2.24) is 0 Å². The Labute approximate surface area is 182 Å². The lowest BCUT2D eigenvalue weighted by Gasteiger charge is -2.26. The summed E-state index contributed by atoms with van der Waals surface area (Å²) in [7, 11) is 4.00. The van der Waals surface area contributed by atoms with Crippen molar-refractivity contribution in [2.45, 2.75) is 37.5 Å². The van der Waals surface area contributed by atoms with E-state index in [1.807, 2.05) is 72.4 Å². The Kier molecular flexibility index (Phi) is 6.32. The SMILES string of the molecule is CN(C)c1ccc(N2C(=O)CSC2c2cccc(NC(=O)C3CCCCC3)c2)cc1. The van der Waals surface area contributed by atoms with E-state index >= 15 is 0 Å². The molecule has 1 heterocycles. The number of rotatable bonds is 5. The van der Waals surface area contributed by atoms with Gasteiger partial charge in [-0.2, -0.15) is 0 Å². The number of thioether (sulfide) groups is 1. The highest BCUT2D eigenvalue weighted by Gasteiger charge is 2.34. The van der Waals surface area contributed by atoms with Gasteiger partial charge in [-0.25, -0.2) is 0 Å². The van der Waals surface area contributed by atoms with E-state index in [0.717, 1.165) is 48.3 Å². The second-order valence-corrected chi connectivity index (χ2v) is 9.36. The Morgan fingerprint density at radius 2 is 1.80 bits per heavy atom. The second kappa shape index (κ2) is 9.13. The maximum absolute atomic E-state index is 12.7.